The first-order valence-corrected chi connectivity index (χ1v) is 5.47. The molecule has 0 amide bonds. The monoisotopic (exact) mass is 244 g/mol. The molecule has 0 aliphatic heterocycles. The lowest BCUT2D eigenvalue weighted by molar-refractivity contribution is -0.384. The van der Waals surface area contributed by atoms with Crippen LogP contribution >= 0.6 is 0 Å². The van der Waals surface area contributed by atoms with Gasteiger partial charge in [0, 0.05) is 36.0 Å². The summed E-state index contributed by atoms with van der Waals surface area (Å²) in [6.45, 7) is 0.525. The Bertz CT molecular complexity index is 554. The first kappa shape index (κ1) is 12.1. The van der Waals surface area contributed by atoms with Gasteiger partial charge < -0.3 is 5.73 Å². The highest BCUT2D eigenvalue weighted by Gasteiger charge is 2.07. The molecule has 0 fully saturated rings. The largest absolute Gasteiger partial charge is 0.330 e. The lowest BCUT2D eigenvalue weighted by Gasteiger charge is -2.02. The first-order valence-electron chi connectivity index (χ1n) is 5.47. The van der Waals surface area contributed by atoms with Gasteiger partial charge in [0.25, 0.3) is 5.69 Å². The summed E-state index contributed by atoms with van der Waals surface area (Å²) >= 11 is 0. The molecule has 0 saturated carbocycles. The molecule has 0 spiro atoms. The zero-order valence-corrected chi connectivity index (χ0v) is 9.61. The van der Waals surface area contributed by atoms with E-state index in [9.17, 15) is 10.1 Å². The first-order chi connectivity index (χ1) is 8.70. The normalized spacial score (nSPS) is 10.3. The van der Waals surface area contributed by atoms with E-state index in [0.717, 1.165) is 11.3 Å². The fourth-order valence-electron chi connectivity index (χ4n) is 1.55. The van der Waals surface area contributed by atoms with Crippen LogP contribution in [0.1, 0.15) is 5.69 Å². The number of hydrogen-bond acceptors (Lipinski definition) is 5. The van der Waals surface area contributed by atoms with Crippen molar-refractivity contribution < 1.29 is 4.92 Å². The Morgan fingerprint density at radius 2 is 1.94 bits per heavy atom. The lowest BCUT2D eigenvalue weighted by Crippen LogP contribution is -2.05. The fourth-order valence-corrected chi connectivity index (χ4v) is 1.55. The van der Waals surface area contributed by atoms with Crippen LogP contribution in [0.2, 0.25) is 0 Å². The minimum absolute atomic E-state index is 0.0527. The van der Waals surface area contributed by atoms with Crippen molar-refractivity contribution in [2.45, 2.75) is 6.42 Å². The van der Waals surface area contributed by atoms with Gasteiger partial charge in [-0.3, -0.25) is 10.1 Å². The van der Waals surface area contributed by atoms with Crippen LogP contribution in [0.3, 0.4) is 0 Å². The number of nitrogens with two attached hydrogens (primary N) is 1. The molecule has 0 bridgehead atoms. The van der Waals surface area contributed by atoms with Crippen LogP contribution in [0.4, 0.5) is 5.69 Å². The molecule has 0 unspecified atom stereocenters. The van der Waals surface area contributed by atoms with Crippen LogP contribution in [0.15, 0.2) is 36.5 Å². The van der Waals surface area contributed by atoms with E-state index in [1.165, 1.54) is 12.1 Å². The van der Waals surface area contributed by atoms with Gasteiger partial charge in [-0.2, -0.15) is 0 Å². The van der Waals surface area contributed by atoms with E-state index >= 15 is 0 Å². The summed E-state index contributed by atoms with van der Waals surface area (Å²) in [6.07, 6.45) is 2.34. The Morgan fingerprint density at radius 3 is 2.56 bits per heavy atom. The number of nitro groups is 1. The van der Waals surface area contributed by atoms with E-state index in [2.05, 4.69) is 9.97 Å². The van der Waals surface area contributed by atoms with Crippen molar-refractivity contribution in [1.82, 2.24) is 9.97 Å². The summed E-state index contributed by atoms with van der Waals surface area (Å²) in [4.78, 5) is 18.6. The van der Waals surface area contributed by atoms with E-state index in [1.54, 1.807) is 18.3 Å². The molecule has 1 heterocycles. The van der Waals surface area contributed by atoms with E-state index in [-0.39, 0.29) is 5.69 Å². The maximum atomic E-state index is 10.5. The molecule has 2 N–H and O–H groups in total. The number of nitro benzene ring substituents is 1. The Hall–Kier alpha value is -2.34. The van der Waals surface area contributed by atoms with Crippen LogP contribution in [0, 0.1) is 10.1 Å². The van der Waals surface area contributed by atoms with E-state index in [1.807, 2.05) is 6.07 Å². The Morgan fingerprint density at radius 1 is 1.22 bits per heavy atom. The van der Waals surface area contributed by atoms with E-state index < -0.39 is 4.92 Å². The molecule has 2 aromatic rings. The van der Waals surface area contributed by atoms with Gasteiger partial charge in [0.15, 0.2) is 5.82 Å². The van der Waals surface area contributed by atoms with Gasteiger partial charge in [0.05, 0.1) is 4.92 Å². The zero-order chi connectivity index (χ0) is 13.0. The van der Waals surface area contributed by atoms with Gasteiger partial charge in [0.1, 0.15) is 0 Å². The SMILES string of the molecule is NCCc1ccnc(-c2ccc([N+](=O)[O-])cc2)n1. The smallest absolute Gasteiger partial charge is 0.269 e. The Kier molecular flexibility index (Phi) is 3.59. The van der Waals surface area contributed by atoms with E-state index in [0.29, 0.717) is 18.8 Å². The second-order valence-electron chi connectivity index (χ2n) is 3.71. The second kappa shape index (κ2) is 5.33. The molecule has 0 aliphatic carbocycles. The number of non-ortho nitro benzene ring substituents is 1. The number of nitrogens with zero attached hydrogens (tertiary/aromatic N) is 3. The molecule has 0 aliphatic rings. The predicted molar refractivity (Wildman–Crippen MR) is 66.9 cm³/mol. The molecule has 2 rings (SSSR count). The highest BCUT2D eigenvalue weighted by molar-refractivity contribution is 5.57. The Balaban J connectivity index is 2.30. The molecule has 1 aromatic heterocycles. The number of rotatable bonds is 4. The number of benzene rings is 1. The van der Waals surface area contributed by atoms with Gasteiger partial charge in [-0.25, -0.2) is 9.97 Å². The average molecular weight is 244 g/mol. The standard InChI is InChI=1S/C12H12N4O2/c13-7-5-10-6-8-14-12(15-10)9-1-3-11(4-2-9)16(17)18/h1-4,6,8H,5,7,13H2. The minimum Gasteiger partial charge on any atom is -0.330 e. The van der Waals surface area contributed by atoms with Crippen molar-refractivity contribution in [2.75, 3.05) is 6.54 Å². The third kappa shape index (κ3) is 2.67. The molecule has 18 heavy (non-hydrogen) atoms. The molecule has 0 atom stereocenters. The predicted octanol–water partition coefficient (Wildman–Crippen LogP) is 1.55. The molecular formula is C12H12N4O2. The average Bonchev–Trinajstić information content (AvgIpc) is 2.39. The highest BCUT2D eigenvalue weighted by atomic mass is 16.6. The molecule has 0 saturated heterocycles. The molecule has 92 valence electrons. The summed E-state index contributed by atoms with van der Waals surface area (Å²) in [7, 11) is 0. The maximum Gasteiger partial charge on any atom is 0.269 e. The summed E-state index contributed by atoms with van der Waals surface area (Å²) < 4.78 is 0. The quantitative estimate of drug-likeness (QED) is 0.650. The van der Waals surface area contributed by atoms with Crippen molar-refractivity contribution in [3.8, 4) is 11.4 Å². The van der Waals surface area contributed by atoms with Crippen molar-refractivity contribution >= 4 is 5.69 Å². The van der Waals surface area contributed by atoms with Crippen molar-refractivity contribution in [3.63, 3.8) is 0 Å². The van der Waals surface area contributed by atoms with Crippen molar-refractivity contribution in [1.29, 1.82) is 0 Å². The van der Waals surface area contributed by atoms with Gasteiger partial charge >= 0.3 is 0 Å². The van der Waals surface area contributed by atoms with Gasteiger partial charge in [-0.05, 0) is 24.7 Å². The fraction of sp³-hybridized carbons (Fsp3) is 0.167. The van der Waals surface area contributed by atoms with Crippen molar-refractivity contribution in [2.24, 2.45) is 5.73 Å². The van der Waals surface area contributed by atoms with Gasteiger partial charge in [-0.1, -0.05) is 0 Å². The molecular weight excluding hydrogens is 232 g/mol. The Labute approximate surface area is 104 Å². The summed E-state index contributed by atoms with van der Waals surface area (Å²) in [5.41, 5.74) is 7.13. The van der Waals surface area contributed by atoms with Crippen LogP contribution in [0.25, 0.3) is 11.4 Å². The molecule has 0 radical (unpaired) electrons. The van der Waals surface area contributed by atoms with Crippen LogP contribution in [0.5, 0.6) is 0 Å². The molecule has 6 nitrogen and oxygen atoms in total. The van der Waals surface area contributed by atoms with Crippen molar-refractivity contribution in [3.05, 3.63) is 52.3 Å². The third-order valence-corrected chi connectivity index (χ3v) is 2.45. The minimum atomic E-state index is -0.435. The van der Waals surface area contributed by atoms with Gasteiger partial charge in [-0.15, -0.1) is 0 Å². The summed E-state index contributed by atoms with van der Waals surface area (Å²) in [5, 5.41) is 10.5. The number of hydrogen-bond donors (Lipinski definition) is 1. The van der Waals surface area contributed by atoms with Crippen LogP contribution in [-0.4, -0.2) is 21.4 Å². The van der Waals surface area contributed by atoms with E-state index in [4.69, 9.17) is 5.73 Å². The lowest BCUT2D eigenvalue weighted by atomic mass is 10.2. The molecule has 6 heteroatoms. The molecule has 1 aromatic carbocycles. The zero-order valence-electron chi connectivity index (χ0n) is 9.61. The summed E-state index contributed by atoms with van der Waals surface area (Å²) in [6, 6.07) is 7.96. The third-order valence-electron chi connectivity index (χ3n) is 2.45. The van der Waals surface area contributed by atoms with Crippen LogP contribution < -0.4 is 5.73 Å². The number of aromatic nitrogens is 2. The van der Waals surface area contributed by atoms with Gasteiger partial charge in [0.2, 0.25) is 0 Å². The summed E-state index contributed by atoms with van der Waals surface area (Å²) in [5.74, 6) is 0.552. The van der Waals surface area contributed by atoms with Crippen LogP contribution in [-0.2, 0) is 6.42 Å². The topological polar surface area (TPSA) is 94.9 Å². The second-order valence-corrected chi connectivity index (χ2v) is 3.71. The highest BCUT2D eigenvalue weighted by Crippen LogP contribution is 2.19. The maximum absolute atomic E-state index is 10.5.